The molecule has 0 atom stereocenters. The summed E-state index contributed by atoms with van der Waals surface area (Å²) in [7, 11) is -0.813. The van der Waals surface area contributed by atoms with E-state index in [0.717, 1.165) is 72.3 Å². The molecule has 0 bridgehead atoms. The van der Waals surface area contributed by atoms with E-state index in [1.165, 1.54) is 4.68 Å². The summed E-state index contributed by atoms with van der Waals surface area (Å²) < 4.78 is 27.7. The van der Waals surface area contributed by atoms with E-state index in [2.05, 4.69) is 68.0 Å². The lowest BCUT2D eigenvalue weighted by molar-refractivity contribution is 0.0753. The summed E-state index contributed by atoms with van der Waals surface area (Å²) in [5.74, 6) is 1.45. The molecule has 1 saturated carbocycles. The number of hydrogen-bond acceptors (Lipinski definition) is 6. The van der Waals surface area contributed by atoms with Crippen LogP contribution in [0.3, 0.4) is 0 Å². The third-order valence-corrected chi connectivity index (χ3v) is 11.0. The van der Waals surface area contributed by atoms with Crippen molar-refractivity contribution in [3.63, 3.8) is 0 Å². The highest BCUT2D eigenvalue weighted by Gasteiger charge is 2.27. The van der Waals surface area contributed by atoms with Crippen LogP contribution >= 0.6 is 0 Å². The summed E-state index contributed by atoms with van der Waals surface area (Å²) in [5, 5.41) is 5.27. The lowest BCUT2D eigenvalue weighted by Gasteiger charge is -2.18. The van der Waals surface area contributed by atoms with Gasteiger partial charge in [0.25, 0.3) is 5.56 Å². The van der Waals surface area contributed by atoms with E-state index in [-0.39, 0.29) is 18.4 Å². The summed E-state index contributed by atoms with van der Waals surface area (Å²) >= 11 is 0. The molecule has 0 spiro atoms. The topological polar surface area (TPSA) is 76.7 Å². The van der Waals surface area contributed by atoms with Gasteiger partial charge < -0.3 is 23.5 Å². The molecule has 0 N–H and O–H groups in total. The Morgan fingerprint density at radius 2 is 1.62 bits per heavy atom. The normalized spacial score (nSPS) is 14.1. The van der Waals surface area contributed by atoms with Crippen LogP contribution in [0.2, 0.25) is 51.4 Å². The third-order valence-electron chi connectivity index (χ3n) is 7.63. The number of ether oxygens (including phenoxy) is 4. The number of aromatic nitrogens is 3. The third kappa shape index (κ3) is 8.58. The fourth-order valence-electron chi connectivity index (χ4n) is 4.87. The van der Waals surface area contributed by atoms with Crippen LogP contribution in [0.15, 0.2) is 29.2 Å². The number of nitrogens with zero attached hydrogens (tertiary/aromatic N) is 3. The number of unbranched alkanes of at least 4 members (excludes halogenated alkanes) is 1. The van der Waals surface area contributed by atoms with E-state index in [0.29, 0.717) is 31.1 Å². The molecule has 1 fully saturated rings. The van der Waals surface area contributed by atoms with Gasteiger partial charge in [-0.3, -0.25) is 4.79 Å². The molecular weight excluding hydrogens is 563 g/mol. The number of hydrogen-bond donors (Lipinski definition) is 0. The van der Waals surface area contributed by atoms with Gasteiger partial charge in [0.15, 0.2) is 11.5 Å². The Kier molecular flexibility index (Phi) is 10.8. The number of rotatable bonds is 17. The van der Waals surface area contributed by atoms with Crippen molar-refractivity contribution in [3.8, 4) is 22.8 Å². The van der Waals surface area contributed by atoms with Crippen molar-refractivity contribution in [3.05, 3.63) is 40.3 Å². The highest BCUT2D eigenvalue weighted by atomic mass is 28.3. The Morgan fingerprint density at radius 3 is 2.21 bits per heavy atom. The zero-order chi connectivity index (χ0) is 30.5. The molecule has 3 aromatic rings. The van der Waals surface area contributed by atoms with E-state index in [4.69, 9.17) is 18.9 Å². The molecule has 1 aliphatic rings. The van der Waals surface area contributed by atoms with Gasteiger partial charge in [-0.25, -0.2) is 4.68 Å². The van der Waals surface area contributed by atoms with Crippen molar-refractivity contribution in [2.24, 2.45) is 0 Å². The molecule has 0 aliphatic heterocycles. The fourth-order valence-corrected chi connectivity index (χ4v) is 6.38. The van der Waals surface area contributed by atoms with Crippen molar-refractivity contribution in [1.82, 2.24) is 14.3 Å². The molecule has 232 valence electrons. The van der Waals surface area contributed by atoms with E-state index < -0.39 is 16.1 Å². The number of fused-ring (bicyclic) bond motifs is 1. The Hall–Kier alpha value is -2.41. The van der Waals surface area contributed by atoms with Crippen LogP contribution in [0.1, 0.15) is 38.2 Å². The van der Waals surface area contributed by atoms with Crippen LogP contribution in [0.5, 0.6) is 11.5 Å². The minimum Gasteiger partial charge on any atom is -0.493 e. The van der Waals surface area contributed by atoms with Gasteiger partial charge >= 0.3 is 0 Å². The van der Waals surface area contributed by atoms with Crippen molar-refractivity contribution in [1.29, 1.82) is 0 Å². The maximum atomic E-state index is 14.0. The smallest absolute Gasteiger partial charge is 0.278 e. The number of benzene rings is 1. The van der Waals surface area contributed by atoms with Crippen molar-refractivity contribution in [2.75, 3.05) is 20.3 Å². The van der Waals surface area contributed by atoms with E-state index in [9.17, 15) is 4.79 Å². The first-order valence-electron chi connectivity index (χ1n) is 15.5. The predicted octanol–water partition coefficient (Wildman–Crippen LogP) is 7.38. The first kappa shape index (κ1) is 32.5. The molecular formula is C32H51N3O5Si2. The molecule has 1 aliphatic carbocycles. The second-order valence-corrected chi connectivity index (χ2v) is 25.2. The van der Waals surface area contributed by atoms with Gasteiger partial charge in [-0.05, 0) is 61.5 Å². The summed E-state index contributed by atoms with van der Waals surface area (Å²) in [6.45, 7) is 18.0. The molecule has 10 heteroatoms. The average molecular weight is 614 g/mol. The molecule has 8 nitrogen and oxygen atoms in total. The maximum Gasteiger partial charge on any atom is 0.278 e. The molecule has 0 unspecified atom stereocenters. The van der Waals surface area contributed by atoms with Gasteiger partial charge in [0.1, 0.15) is 13.5 Å². The molecule has 4 rings (SSSR count). The Labute approximate surface area is 253 Å². The Balaban J connectivity index is 1.80. The average Bonchev–Trinajstić information content (AvgIpc) is 3.68. The first-order valence-corrected chi connectivity index (χ1v) is 22.9. The van der Waals surface area contributed by atoms with Crippen LogP contribution in [-0.2, 0) is 29.4 Å². The van der Waals surface area contributed by atoms with Crippen molar-refractivity contribution in [2.45, 2.75) is 110 Å². The van der Waals surface area contributed by atoms with Gasteiger partial charge in [-0.2, -0.15) is 5.10 Å². The standard InChI is InChI=1S/C32H51N3O5Si2/c1-9-10-11-26-30-27(21-33-35(32(30)36)23-39-17-19-42(6,7)8)34(22-38-16-18-41(3,4)5)31(26)24-12-15-28(37-2)29(20-24)40-25-13-14-25/h12,15,20-21,25H,9-11,13-14,16-19,22-23H2,1-8H3. The molecule has 2 heterocycles. The zero-order valence-corrected chi connectivity index (χ0v) is 29.0. The van der Waals surface area contributed by atoms with Crippen LogP contribution in [0.4, 0.5) is 0 Å². The lowest BCUT2D eigenvalue weighted by Crippen LogP contribution is -2.26. The summed E-state index contributed by atoms with van der Waals surface area (Å²) in [6.07, 6.45) is 6.95. The first-order chi connectivity index (χ1) is 19.9. The largest absolute Gasteiger partial charge is 0.493 e. The van der Waals surface area contributed by atoms with Gasteiger partial charge in [0, 0.05) is 34.9 Å². The van der Waals surface area contributed by atoms with Gasteiger partial charge in [-0.1, -0.05) is 52.6 Å². The fraction of sp³-hybridized carbons (Fsp3) is 0.625. The molecule has 2 aromatic heterocycles. The molecule has 42 heavy (non-hydrogen) atoms. The van der Waals surface area contributed by atoms with Crippen LogP contribution < -0.4 is 15.0 Å². The van der Waals surface area contributed by atoms with E-state index >= 15 is 0 Å². The Bertz CT molecular complexity index is 1400. The Morgan fingerprint density at radius 1 is 0.952 bits per heavy atom. The minimum absolute atomic E-state index is 0.114. The number of methoxy groups -OCH3 is 1. The molecule has 1 aromatic carbocycles. The lowest BCUT2D eigenvalue weighted by atomic mass is 10.0. The zero-order valence-electron chi connectivity index (χ0n) is 27.0. The van der Waals surface area contributed by atoms with Gasteiger partial charge in [0.05, 0.1) is 36.0 Å². The minimum atomic E-state index is -1.25. The summed E-state index contributed by atoms with van der Waals surface area (Å²) in [5.41, 5.74) is 3.70. The monoisotopic (exact) mass is 613 g/mol. The number of aryl methyl sites for hydroxylation is 1. The van der Waals surface area contributed by atoms with Crippen molar-refractivity contribution < 1.29 is 18.9 Å². The SMILES string of the molecule is CCCCc1c(-c2ccc(OC)c(OC3CC3)c2)n(COCC[Si](C)(C)C)c2cnn(COCC[Si](C)(C)C)c(=O)c12. The predicted molar refractivity (Wildman–Crippen MR) is 176 cm³/mol. The second kappa shape index (κ2) is 13.9. The van der Waals surface area contributed by atoms with Crippen LogP contribution in [-0.4, -0.2) is 56.9 Å². The quantitative estimate of drug-likeness (QED) is 0.117. The molecule has 0 amide bonds. The second-order valence-electron chi connectivity index (χ2n) is 13.9. The summed E-state index contributed by atoms with van der Waals surface area (Å²) in [6, 6.07) is 8.21. The molecule has 0 saturated heterocycles. The highest BCUT2D eigenvalue weighted by molar-refractivity contribution is 6.76. The highest BCUT2D eigenvalue weighted by Crippen LogP contribution is 2.40. The van der Waals surface area contributed by atoms with Gasteiger partial charge in [-0.15, -0.1) is 0 Å². The van der Waals surface area contributed by atoms with Gasteiger partial charge in [0.2, 0.25) is 0 Å². The van der Waals surface area contributed by atoms with Crippen LogP contribution in [0.25, 0.3) is 22.2 Å². The van der Waals surface area contributed by atoms with Crippen LogP contribution in [0, 0.1) is 0 Å². The van der Waals surface area contributed by atoms with Crippen molar-refractivity contribution >= 4 is 27.1 Å². The molecule has 0 radical (unpaired) electrons. The maximum absolute atomic E-state index is 14.0. The van der Waals surface area contributed by atoms with E-state index in [1.54, 1.807) is 7.11 Å². The van der Waals surface area contributed by atoms with E-state index in [1.807, 2.05) is 12.3 Å². The summed E-state index contributed by atoms with van der Waals surface area (Å²) in [4.78, 5) is 14.0.